The molecule has 0 heterocycles. The summed E-state index contributed by atoms with van der Waals surface area (Å²) >= 11 is 3.49. The zero-order valence-electron chi connectivity index (χ0n) is 12.2. The van der Waals surface area contributed by atoms with Gasteiger partial charge < -0.3 is 5.32 Å². The van der Waals surface area contributed by atoms with E-state index in [0.717, 1.165) is 23.9 Å². The van der Waals surface area contributed by atoms with Gasteiger partial charge in [0.2, 0.25) is 0 Å². The van der Waals surface area contributed by atoms with Crippen LogP contribution in [0.25, 0.3) is 0 Å². The Labute approximate surface area is 125 Å². The van der Waals surface area contributed by atoms with Crippen molar-refractivity contribution in [2.45, 2.75) is 46.0 Å². The van der Waals surface area contributed by atoms with E-state index in [4.69, 9.17) is 0 Å². The summed E-state index contributed by atoms with van der Waals surface area (Å²) in [4.78, 5) is 0. The van der Waals surface area contributed by atoms with Gasteiger partial charge in [0.1, 0.15) is 5.82 Å². The summed E-state index contributed by atoms with van der Waals surface area (Å²) in [5.74, 6) is -0.181. The quantitative estimate of drug-likeness (QED) is 0.712. The Morgan fingerprint density at radius 2 is 2.05 bits per heavy atom. The van der Waals surface area contributed by atoms with Crippen LogP contribution in [-0.2, 0) is 6.42 Å². The van der Waals surface area contributed by atoms with E-state index in [0.29, 0.717) is 0 Å². The molecule has 0 fully saturated rings. The van der Waals surface area contributed by atoms with E-state index in [-0.39, 0.29) is 11.2 Å². The smallest absolute Gasteiger partial charge is 0.124 e. The summed E-state index contributed by atoms with van der Waals surface area (Å²) in [5, 5.41) is 3.33. The van der Waals surface area contributed by atoms with E-state index >= 15 is 0 Å². The molecule has 0 aliphatic carbocycles. The van der Waals surface area contributed by atoms with Gasteiger partial charge in [-0.2, -0.15) is 0 Å². The maximum atomic E-state index is 13.2. The lowest BCUT2D eigenvalue weighted by Gasteiger charge is -2.33. The molecule has 0 saturated carbocycles. The topological polar surface area (TPSA) is 12.0 Å². The molecular weight excluding hydrogens is 305 g/mol. The first-order valence-corrected chi connectivity index (χ1v) is 7.94. The molecule has 0 aromatic heterocycles. The fourth-order valence-electron chi connectivity index (χ4n) is 2.66. The normalized spacial score (nSPS) is 14.4. The van der Waals surface area contributed by atoms with Gasteiger partial charge in [0.05, 0.1) is 0 Å². The van der Waals surface area contributed by atoms with Crippen molar-refractivity contribution < 1.29 is 4.39 Å². The number of rotatable bonds is 8. The minimum absolute atomic E-state index is 0.181. The van der Waals surface area contributed by atoms with Crippen molar-refractivity contribution in [3.05, 3.63) is 34.1 Å². The number of benzene rings is 1. The molecule has 3 heteroatoms. The highest BCUT2D eigenvalue weighted by Crippen LogP contribution is 2.34. The lowest BCUT2D eigenvalue weighted by molar-refractivity contribution is 0.234. The van der Waals surface area contributed by atoms with Crippen LogP contribution in [-0.4, -0.2) is 13.6 Å². The van der Waals surface area contributed by atoms with Crippen molar-refractivity contribution in [2.75, 3.05) is 13.6 Å². The molecule has 0 aliphatic heterocycles. The summed E-state index contributed by atoms with van der Waals surface area (Å²) in [7, 11) is 2.01. The number of hydrogen-bond acceptors (Lipinski definition) is 1. The highest BCUT2D eigenvalue weighted by molar-refractivity contribution is 9.10. The Morgan fingerprint density at radius 3 is 2.58 bits per heavy atom. The fraction of sp³-hybridized carbons (Fsp3) is 0.625. The average Bonchev–Trinajstić information content (AvgIpc) is 2.39. The number of unbranched alkanes of at least 4 members (excludes halogenated alkanes) is 1. The molecule has 0 amide bonds. The van der Waals surface area contributed by atoms with Crippen LogP contribution in [0.15, 0.2) is 22.7 Å². The second kappa shape index (κ2) is 8.01. The molecule has 0 aliphatic rings. The molecule has 1 unspecified atom stereocenters. The molecule has 0 bridgehead atoms. The highest BCUT2D eigenvalue weighted by Gasteiger charge is 2.27. The number of hydrogen-bond donors (Lipinski definition) is 1. The van der Waals surface area contributed by atoms with Gasteiger partial charge in [-0.3, -0.25) is 0 Å². The monoisotopic (exact) mass is 329 g/mol. The van der Waals surface area contributed by atoms with Crippen LogP contribution in [0.4, 0.5) is 4.39 Å². The summed E-state index contributed by atoms with van der Waals surface area (Å²) < 4.78 is 14.1. The summed E-state index contributed by atoms with van der Waals surface area (Å²) in [6, 6.07) is 5.03. The third-order valence-electron chi connectivity index (χ3n) is 3.94. The van der Waals surface area contributed by atoms with Gasteiger partial charge in [-0.25, -0.2) is 4.39 Å². The molecular formula is C16H25BrFN. The van der Waals surface area contributed by atoms with Gasteiger partial charge in [-0.1, -0.05) is 48.7 Å². The van der Waals surface area contributed by atoms with Crippen molar-refractivity contribution >= 4 is 15.9 Å². The Kier molecular flexibility index (Phi) is 7.01. The molecule has 108 valence electrons. The average molecular weight is 330 g/mol. The minimum Gasteiger partial charge on any atom is -0.319 e. The van der Waals surface area contributed by atoms with E-state index in [1.165, 1.54) is 24.8 Å². The fourth-order valence-corrected chi connectivity index (χ4v) is 3.15. The predicted molar refractivity (Wildman–Crippen MR) is 84.0 cm³/mol. The Bertz CT molecular complexity index is 394. The molecule has 1 N–H and O–H groups in total. The van der Waals surface area contributed by atoms with Crippen molar-refractivity contribution in [1.29, 1.82) is 0 Å². The van der Waals surface area contributed by atoms with E-state index in [9.17, 15) is 4.39 Å². The molecule has 1 aromatic rings. The molecule has 1 aromatic carbocycles. The second-order valence-corrected chi connectivity index (χ2v) is 6.25. The van der Waals surface area contributed by atoms with Gasteiger partial charge in [0, 0.05) is 11.0 Å². The van der Waals surface area contributed by atoms with Gasteiger partial charge in [-0.05, 0) is 49.4 Å². The van der Waals surface area contributed by atoms with E-state index in [1.807, 2.05) is 13.1 Å². The Morgan fingerprint density at radius 1 is 1.32 bits per heavy atom. The third kappa shape index (κ3) is 4.88. The van der Waals surface area contributed by atoms with Gasteiger partial charge in [-0.15, -0.1) is 0 Å². The van der Waals surface area contributed by atoms with Crippen molar-refractivity contribution in [3.8, 4) is 0 Å². The van der Waals surface area contributed by atoms with E-state index in [2.05, 4.69) is 35.1 Å². The van der Waals surface area contributed by atoms with E-state index in [1.54, 1.807) is 12.1 Å². The first kappa shape index (κ1) is 16.6. The van der Waals surface area contributed by atoms with Crippen molar-refractivity contribution in [3.63, 3.8) is 0 Å². The molecule has 0 radical (unpaired) electrons. The van der Waals surface area contributed by atoms with E-state index < -0.39 is 0 Å². The summed E-state index contributed by atoms with van der Waals surface area (Å²) in [6.07, 6.45) is 5.80. The zero-order chi connectivity index (χ0) is 14.3. The predicted octanol–water partition coefficient (Wildman–Crippen LogP) is 4.94. The van der Waals surface area contributed by atoms with Crippen LogP contribution in [0.5, 0.6) is 0 Å². The highest BCUT2D eigenvalue weighted by atomic mass is 79.9. The standard InChI is InChI=1S/C16H25BrFN/c1-4-6-9-16(5-2,12-19-3)11-13-7-8-14(18)10-15(13)17/h7-8,10,19H,4-6,9,11-12H2,1-3H3. The van der Waals surface area contributed by atoms with Crippen molar-refractivity contribution in [1.82, 2.24) is 5.32 Å². The maximum Gasteiger partial charge on any atom is 0.124 e. The first-order valence-electron chi connectivity index (χ1n) is 7.15. The van der Waals surface area contributed by atoms with Crippen LogP contribution < -0.4 is 5.32 Å². The molecule has 1 atom stereocenters. The summed E-state index contributed by atoms with van der Waals surface area (Å²) in [5.41, 5.74) is 1.47. The zero-order valence-corrected chi connectivity index (χ0v) is 13.8. The van der Waals surface area contributed by atoms with Gasteiger partial charge in [0.25, 0.3) is 0 Å². The third-order valence-corrected chi connectivity index (χ3v) is 4.68. The molecule has 1 nitrogen and oxygen atoms in total. The Hall–Kier alpha value is -0.410. The van der Waals surface area contributed by atoms with Gasteiger partial charge in [0.15, 0.2) is 0 Å². The molecule has 0 saturated heterocycles. The van der Waals surface area contributed by atoms with Crippen molar-refractivity contribution in [2.24, 2.45) is 5.41 Å². The number of halogens is 2. The molecule has 0 spiro atoms. The maximum absolute atomic E-state index is 13.2. The van der Waals surface area contributed by atoms with Gasteiger partial charge >= 0.3 is 0 Å². The lowest BCUT2D eigenvalue weighted by Crippen LogP contribution is -2.34. The SMILES string of the molecule is CCCCC(CC)(CNC)Cc1ccc(F)cc1Br. The number of nitrogens with one attached hydrogen (secondary N) is 1. The summed E-state index contributed by atoms with van der Waals surface area (Å²) in [6.45, 7) is 5.49. The van der Waals surface area contributed by atoms with Crippen LogP contribution in [0.1, 0.15) is 45.1 Å². The molecule has 19 heavy (non-hydrogen) atoms. The molecule has 1 rings (SSSR count). The first-order chi connectivity index (χ1) is 9.06. The lowest BCUT2D eigenvalue weighted by atomic mass is 9.75. The Balaban J connectivity index is 2.91. The van der Waals surface area contributed by atoms with Crippen LogP contribution in [0, 0.1) is 11.2 Å². The minimum atomic E-state index is -0.181. The second-order valence-electron chi connectivity index (χ2n) is 5.40. The van der Waals surface area contributed by atoms with Crippen LogP contribution >= 0.6 is 15.9 Å². The van der Waals surface area contributed by atoms with Crippen LogP contribution in [0.3, 0.4) is 0 Å². The largest absolute Gasteiger partial charge is 0.319 e. The van der Waals surface area contributed by atoms with Crippen LogP contribution in [0.2, 0.25) is 0 Å².